The maximum absolute atomic E-state index is 11.4. The van der Waals surface area contributed by atoms with Crippen LogP contribution in [0.2, 0.25) is 0 Å². The van der Waals surface area contributed by atoms with E-state index in [1.54, 1.807) is 0 Å². The molecule has 0 aliphatic rings. The number of hydrogen-bond donors (Lipinski definition) is 2. The van der Waals surface area contributed by atoms with Gasteiger partial charge >= 0.3 is 11.9 Å². The Morgan fingerprint density at radius 1 is 1.20 bits per heavy atom. The Kier molecular flexibility index (Phi) is 7.83. The van der Waals surface area contributed by atoms with Crippen molar-refractivity contribution in [2.75, 3.05) is 13.7 Å². The number of aliphatic hydroxyl groups excluding tert-OH is 1. The molecule has 0 spiro atoms. The molecular formula is C12H17NO7. The first-order valence-electron chi connectivity index (χ1n) is 5.69. The molecule has 8 nitrogen and oxygen atoms in total. The van der Waals surface area contributed by atoms with Gasteiger partial charge in [-0.3, -0.25) is 9.59 Å². The lowest BCUT2D eigenvalue weighted by atomic mass is 10.2. The van der Waals surface area contributed by atoms with E-state index in [1.165, 1.54) is 13.8 Å². The number of methoxy groups -OCH3 is 1. The van der Waals surface area contributed by atoms with Crippen LogP contribution < -0.4 is 5.32 Å². The summed E-state index contributed by atoms with van der Waals surface area (Å²) in [7, 11) is 1.14. The summed E-state index contributed by atoms with van der Waals surface area (Å²) < 4.78 is 8.78. The average molecular weight is 287 g/mol. The number of ketones is 1. The first-order valence-corrected chi connectivity index (χ1v) is 5.69. The molecule has 0 aromatic rings. The summed E-state index contributed by atoms with van der Waals surface area (Å²) in [6.45, 7) is 2.15. The first kappa shape index (κ1) is 17.8. The Hall–Kier alpha value is -2.22. The largest absolute Gasteiger partial charge is 0.466 e. The van der Waals surface area contributed by atoms with Crippen LogP contribution in [0.1, 0.15) is 13.8 Å². The third kappa shape index (κ3) is 7.27. The number of hydrogen-bond acceptors (Lipinski definition) is 7. The number of aliphatic hydroxyl groups is 1. The zero-order valence-electron chi connectivity index (χ0n) is 11.4. The molecule has 0 bridgehead atoms. The second-order valence-electron chi connectivity index (χ2n) is 3.84. The summed E-state index contributed by atoms with van der Waals surface area (Å²) in [5.74, 6) is -2.77. The molecule has 1 amide bonds. The molecule has 0 aromatic heterocycles. The van der Waals surface area contributed by atoms with Crippen molar-refractivity contribution < 1.29 is 33.8 Å². The van der Waals surface area contributed by atoms with E-state index in [1.807, 2.05) is 0 Å². The van der Waals surface area contributed by atoms with Crippen LogP contribution in [0, 0.1) is 0 Å². The highest BCUT2D eigenvalue weighted by Gasteiger charge is 2.20. The summed E-state index contributed by atoms with van der Waals surface area (Å²) in [6.07, 6.45) is 0.0358. The molecule has 2 N–H and O–H groups in total. The van der Waals surface area contributed by atoms with Crippen molar-refractivity contribution in [2.45, 2.75) is 26.0 Å². The molecule has 0 saturated heterocycles. The Morgan fingerprint density at radius 2 is 1.75 bits per heavy atom. The van der Waals surface area contributed by atoms with E-state index in [0.717, 1.165) is 19.3 Å². The summed E-state index contributed by atoms with van der Waals surface area (Å²) in [6, 6.07) is -0.743. The van der Waals surface area contributed by atoms with Crippen molar-refractivity contribution in [1.82, 2.24) is 5.32 Å². The molecule has 1 unspecified atom stereocenters. The topological polar surface area (TPSA) is 119 Å². The molecule has 0 aliphatic heterocycles. The first-order chi connectivity index (χ1) is 9.27. The van der Waals surface area contributed by atoms with E-state index >= 15 is 0 Å². The predicted molar refractivity (Wildman–Crippen MR) is 66.4 cm³/mol. The minimum Gasteiger partial charge on any atom is -0.466 e. The Balaban J connectivity index is 4.15. The fraction of sp³-hybridized carbons (Fsp3) is 0.500. The number of amides is 1. The van der Waals surface area contributed by atoms with Gasteiger partial charge in [-0.05, 0) is 13.8 Å². The van der Waals surface area contributed by atoms with Gasteiger partial charge in [0.25, 0.3) is 5.91 Å². The predicted octanol–water partition coefficient (Wildman–Crippen LogP) is -1.29. The van der Waals surface area contributed by atoms with E-state index in [-0.39, 0.29) is 5.78 Å². The molecule has 8 heteroatoms. The van der Waals surface area contributed by atoms with Crippen molar-refractivity contribution in [3.05, 3.63) is 12.2 Å². The van der Waals surface area contributed by atoms with Gasteiger partial charge in [-0.2, -0.15) is 0 Å². The Morgan fingerprint density at radius 3 is 2.25 bits per heavy atom. The van der Waals surface area contributed by atoms with E-state index < -0.39 is 36.6 Å². The smallest absolute Gasteiger partial charge is 0.331 e. The molecule has 0 heterocycles. The molecule has 112 valence electrons. The van der Waals surface area contributed by atoms with Crippen molar-refractivity contribution in [3.8, 4) is 0 Å². The van der Waals surface area contributed by atoms with Gasteiger partial charge in [-0.1, -0.05) is 0 Å². The zero-order chi connectivity index (χ0) is 15.7. The van der Waals surface area contributed by atoms with Crippen molar-refractivity contribution in [2.24, 2.45) is 0 Å². The molecule has 20 heavy (non-hydrogen) atoms. The molecule has 0 radical (unpaired) electrons. The second kappa shape index (κ2) is 8.81. The van der Waals surface area contributed by atoms with Crippen molar-refractivity contribution in [1.29, 1.82) is 0 Å². The van der Waals surface area contributed by atoms with Gasteiger partial charge < -0.3 is 19.9 Å². The van der Waals surface area contributed by atoms with Crippen LogP contribution in [0.3, 0.4) is 0 Å². The van der Waals surface area contributed by atoms with Crippen LogP contribution in [0.25, 0.3) is 0 Å². The van der Waals surface area contributed by atoms with Crippen LogP contribution in [-0.2, 0) is 28.7 Å². The number of carbonyl (C=O) groups is 4. The van der Waals surface area contributed by atoms with E-state index in [4.69, 9.17) is 0 Å². The van der Waals surface area contributed by atoms with Crippen LogP contribution in [0.15, 0.2) is 12.2 Å². The maximum atomic E-state index is 11.4. The standard InChI is InChI=1S/C12H17NO7/c1-7(8(2)14)13-12(18)9(15)6-20-11(17)5-4-10(16)19-3/h4-5,7,9,15H,6H2,1-3H3,(H,13,18)/b5-4+/t7-,9?/m0/s1. The number of Topliss-reactive ketones (excluding diaryl/α,β-unsaturated/α-hetero) is 1. The minimum atomic E-state index is -1.60. The zero-order valence-corrected chi connectivity index (χ0v) is 11.4. The fourth-order valence-electron chi connectivity index (χ4n) is 0.900. The van der Waals surface area contributed by atoms with Crippen LogP contribution in [0.4, 0.5) is 0 Å². The minimum absolute atomic E-state index is 0.274. The number of ether oxygens (including phenoxy) is 2. The van der Waals surface area contributed by atoms with Gasteiger partial charge in [0, 0.05) is 12.2 Å². The third-order valence-electron chi connectivity index (χ3n) is 2.21. The van der Waals surface area contributed by atoms with E-state index in [0.29, 0.717) is 0 Å². The summed E-state index contributed by atoms with van der Waals surface area (Å²) in [5.41, 5.74) is 0. The number of nitrogens with one attached hydrogen (secondary N) is 1. The molecule has 0 aromatic carbocycles. The molecule has 2 atom stereocenters. The number of carbonyl (C=O) groups excluding carboxylic acids is 4. The molecule has 0 fully saturated rings. The fourth-order valence-corrected chi connectivity index (χ4v) is 0.900. The van der Waals surface area contributed by atoms with Crippen LogP contribution in [-0.4, -0.2) is 54.6 Å². The lowest BCUT2D eigenvalue weighted by Gasteiger charge is -2.14. The highest BCUT2D eigenvalue weighted by atomic mass is 16.5. The summed E-state index contributed by atoms with van der Waals surface area (Å²) in [5, 5.41) is 11.6. The SMILES string of the molecule is COC(=O)/C=C/C(=O)OCC(O)C(=O)N[C@@H](C)C(C)=O. The lowest BCUT2D eigenvalue weighted by Crippen LogP contribution is -2.44. The molecule has 0 aliphatic carbocycles. The molecule has 0 saturated carbocycles. The van der Waals surface area contributed by atoms with Gasteiger partial charge in [-0.25, -0.2) is 9.59 Å². The van der Waals surface area contributed by atoms with Crippen LogP contribution in [0.5, 0.6) is 0 Å². The quantitative estimate of drug-likeness (QED) is 0.442. The Bertz CT molecular complexity index is 416. The summed E-state index contributed by atoms with van der Waals surface area (Å²) >= 11 is 0. The van der Waals surface area contributed by atoms with E-state index in [2.05, 4.69) is 14.8 Å². The lowest BCUT2D eigenvalue weighted by molar-refractivity contribution is -0.146. The molecule has 0 rings (SSSR count). The molecular weight excluding hydrogens is 270 g/mol. The van der Waals surface area contributed by atoms with Crippen molar-refractivity contribution >= 4 is 23.6 Å². The Labute approximate surface area is 115 Å². The van der Waals surface area contributed by atoms with Gasteiger partial charge in [0.2, 0.25) is 0 Å². The van der Waals surface area contributed by atoms with Crippen LogP contribution >= 0.6 is 0 Å². The second-order valence-corrected chi connectivity index (χ2v) is 3.84. The van der Waals surface area contributed by atoms with Gasteiger partial charge in [0.1, 0.15) is 6.61 Å². The highest BCUT2D eigenvalue weighted by Crippen LogP contribution is 1.92. The monoisotopic (exact) mass is 287 g/mol. The van der Waals surface area contributed by atoms with Gasteiger partial charge in [0.15, 0.2) is 11.9 Å². The maximum Gasteiger partial charge on any atom is 0.331 e. The number of esters is 2. The third-order valence-corrected chi connectivity index (χ3v) is 2.21. The normalized spacial score (nSPS) is 13.4. The average Bonchev–Trinajstić information content (AvgIpc) is 2.41. The van der Waals surface area contributed by atoms with Crippen molar-refractivity contribution in [3.63, 3.8) is 0 Å². The highest BCUT2D eigenvalue weighted by molar-refractivity contribution is 5.92. The number of rotatable bonds is 7. The van der Waals surface area contributed by atoms with E-state index in [9.17, 15) is 24.3 Å². The van der Waals surface area contributed by atoms with Gasteiger partial charge in [0.05, 0.1) is 13.2 Å². The van der Waals surface area contributed by atoms with Gasteiger partial charge in [-0.15, -0.1) is 0 Å². The summed E-state index contributed by atoms with van der Waals surface area (Å²) in [4.78, 5) is 44.1.